The molecule has 1 N–H and O–H groups in total. The summed E-state index contributed by atoms with van der Waals surface area (Å²) < 4.78 is 10.6. The number of rotatable bonds is 7. The number of anilines is 2. The van der Waals surface area contributed by atoms with Crippen LogP contribution in [0, 0.1) is 0 Å². The molecule has 1 aliphatic rings. The van der Waals surface area contributed by atoms with Crippen molar-refractivity contribution in [2.24, 2.45) is 0 Å². The van der Waals surface area contributed by atoms with Crippen molar-refractivity contribution in [2.75, 3.05) is 37.5 Å². The minimum absolute atomic E-state index is 0.340. The van der Waals surface area contributed by atoms with Crippen LogP contribution in [0.15, 0.2) is 24.3 Å². The molecule has 2 heterocycles. The van der Waals surface area contributed by atoms with Crippen LogP contribution in [0.1, 0.15) is 36.8 Å². The second-order valence-electron chi connectivity index (χ2n) is 6.40. The fraction of sp³-hybridized carbons (Fsp3) is 0.526. The minimum atomic E-state index is 0.340. The Labute approximate surface area is 154 Å². The van der Waals surface area contributed by atoms with E-state index in [4.69, 9.17) is 9.47 Å². The van der Waals surface area contributed by atoms with Gasteiger partial charge in [-0.25, -0.2) is 0 Å². The molecule has 26 heavy (non-hydrogen) atoms. The molecule has 0 saturated carbocycles. The van der Waals surface area contributed by atoms with Gasteiger partial charge in [-0.15, -0.1) is 0 Å². The first-order valence-electron chi connectivity index (χ1n) is 9.15. The van der Waals surface area contributed by atoms with Crippen LogP contribution in [0.25, 0.3) is 0 Å². The second-order valence-corrected chi connectivity index (χ2v) is 6.40. The molecule has 1 aromatic heterocycles. The molecule has 1 aromatic carbocycles. The van der Waals surface area contributed by atoms with Crippen LogP contribution in [-0.2, 0) is 17.9 Å². The quantitative estimate of drug-likeness (QED) is 0.816. The normalized spacial score (nSPS) is 14.8. The van der Waals surface area contributed by atoms with Gasteiger partial charge in [0.2, 0.25) is 11.9 Å². The van der Waals surface area contributed by atoms with Crippen LogP contribution in [0.3, 0.4) is 0 Å². The highest BCUT2D eigenvalue weighted by molar-refractivity contribution is 5.40. The molecule has 7 heteroatoms. The summed E-state index contributed by atoms with van der Waals surface area (Å²) in [6.07, 6.45) is 4.86. The van der Waals surface area contributed by atoms with Gasteiger partial charge in [0.1, 0.15) is 0 Å². The number of hydrogen-bond acceptors (Lipinski definition) is 7. The molecule has 0 bridgehead atoms. The van der Waals surface area contributed by atoms with Crippen molar-refractivity contribution in [3.8, 4) is 6.01 Å². The maximum Gasteiger partial charge on any atom is 0.322 e. The van der Waals surface area contributed by atoms with Gasteiger partial charge in [-0.2, -0.15) is 15.0 Å². The summed E-state index contributed by atoms with van der Waals surface area (Å²) in [4.78, 5) is 15.6. The van der Waals surface area contributed by atoms with E-state index in [1.165, 1.54) is 25.7 Å². The average Bonchev–Trinajstić information content (AvgIpc) is 2.97. The highest BCUT2D eigenvalue weighted by Gasteiger charge is 2.16. The van der Waals surface area contributed by atoms with Gasteiger partial charge in [-0.3, -0.25) is 0 Å². The Morgan fingerprint density at radius 1 is 0.962 bits per heavy atom. The van der Waals surface area contributed by atoms with Gasteiger partial charge in [-0.05, 0) is 24.0 Å². The highest BCUT2D eigenvalue weighted by Crippen LogP contribution is 2.20. The maximum atomic E-state index is 5.28. The van der Waals surface area contributed by atoms with Gasteiger partial charge in [0, 0.05) is 26.7 Å². The van der Waals surface area contributed by atoms with Crippen LogP contribution >= 0.6 is 0 Å². The number of methoxy groups -OCH3 is 2. The lowest BCUT2D eigenvalue weighted by Crippen LogP contribution is -2.26. The summed E-state index contributed by atoms with van der Waals surface area (Å²) in [5.41, 5.74) is 2.31. The van der Waals surface area contributed by atoms with Crippen LogP contribution in [-0.4, -0.2) is 42.3 Å². The van der Waals surface area contributed by atoms with Crippen molar-refractivity contribution in [1.29, 1.82) is 0 Å². The van der Waals surface area contributed by atoms with E-state index in [1.807, 2.05) is 12.1 Å². The molecule has 1 aliphatic heterocycles. The minimum Gasteiger partial charge on any atom is -0.467 e. The SMILES string of the molecule is COCc1ccccc1CNc1nc(OC)nc(N2CCCCCC2)n1. The van der Waals surface area contributed by atoms with Crippen molar-refractivity contribution >= 4 is 11.9 Å². The van der Waals surface area contributed by atoms with Crippen molar-refractivity contribution in [3.63, 3.8) is 0 Å². The van der Waals surface area contributed by atoms with E-state index >= 15 is 0 Å². The van der Waals surface area contributed by atoms with Gasteiger partial charge in [0.15, 0.2) is 0 Å². The lowest BCUT2D eigenvalue weighted by molar-refractivity contribution is 0.184. The Bertz CT molecular complexity index is 702. The van der Waals surface area contributed by atoms with Crippen molar-refractivity contribution < 1.29 is 9.47 Å². The van der Waals surface area contributed by atoms with E-state index in [-0.39, 0.29) is 0 Å². The number of hydrogen-bond donors (Lipinski definition) is 1. The first-order valence-corrected chi connectivity index (χ1v) is 9.15. The molecule has 0 aliphatic carbocycles. The zero-order chi connectivity index (χ0) is 18.2. The van der Waals surface area contributed by atoms with Gasteiger partial charge < -0.3 is 19.7 Å². The molecule has 0 amide bonds. The fourth-order valence-electron chi connectivity index (χ4n) is 3.13. The summed E-state index contributed by atoms with van der Waals surface area (Å²) in [7, 11) is 3.29. The van der Waals surface area contributed by atoms with Crippen LogP contribution in [0.2, 0.25) is 0 Å². The zero-order valence-electron chi connectivity index (χ0n) is 15.6. The van der Waals surface area contributed by atoms with E-state index in [9.17, 15) is 0 Å². The lowest BCUT2D eigenvalue weighted by Gasteiger charge is -2.21. The predicted molar refractivity (Wildman–Crippen MR) is 102 cm³/mol. The van der Waals surface area contributed by atoms with Crippen molar-refractivity contribution in [2.45, 2.75) is 38.8 Å². The largest absolute Gasteiger partial charge is 0.467 e. The summed E-state index contributed by atoms with van der Waals surface area (Å²) in [6, 6.07) is 8.52. The number of aromatic nitrogens is 3. The molecular formula is C19H27N5O2. The molecule has 7 nitrogen and oxygen atoms in total. The Balaban J connectivity index is 1.76. The standard InChI is InChI=1S/C19H27N5O2/c1-25-14-16-10-6-5-9-15(16)13-20-17-21-18(23-19(22-17)26-2)24-11-7-3-4-8-12-24/h5-6,9-10H,3-4,7-8,11-14H2,1-2H3,(H,20,21,22,23). The summed E-state index contributed by atoms with van der Waals surface area (Å²) in [6.45, 7) is 3.15. The van der Waals surface area contributed by atoms with E-state index in [0.29, 0.717) is 31.1 Å². The molecular weight excluding hydrogens is 330 g/mol. The first-order chi connectivity index (χ1) is 12.8. The van der Waals surface area contributed by atoms with Crippen molar-refractivity contribution in [1.82, 2.24) is 15.0 Å². The Kier molecular flexibility index (Phi) is 6.60. The fourth-order valence-corrected chi connectivity index (χ4v) is 3.13. The van der Waals surface area contributed by atoms with Crippen LogP contribution < -0.4 is 15.0 Å². The summed E-state index contributed by atoms with van der Waals surface area (Å²) in [5.74, 6) is 1.22. The highest BCUT2D eigenvalue weighted by atomic mass is 16.5. The third-order valence-electron chi connectivity index (χ3n) is 4.53. The molecule has 1 saturated heterocycles. The van der Waals surface area contributed by atoms with Crippen molar-refractivity contribution in [3.05, 3.63) is 35.4 Å². The predicted octanol–water partition coefficient (Wildman–Crippen LogP) is 3.02. The molecule has 0 spiro atoms. The molecule has 140 valence electrons. The zero-order valence-corrected chi connectivity index (χ0v) is 15.6. The molecule has 0 radical (unpaired) electrons. The van der Waals surface area contributed by atoms with Crippen LogP contribution in [0.5, 0.6) is 6.01 Å². The second kappa shape index (κ2) is 9.33. The number of ether oxygens (including phenoxy) is 2. The van der Waals surface area contributed by atoms with Gasteiger partial charge in [0.05, 0.1) is 13.7 Å². The maximum absolute atomic E-state index is 5.28. The monoisotopic (exact) mass is 357 g/mol. The van der Waals surface area contributed by atoms with E-state index in [0.717, 1.165) is 24.2 Å². The Morgan fingerprint density at radius 3 is 2.38 bits per heavy atom. The van der Waals surface area contributed by atoms with E-state index in [1.54, 1.807) is 14.2 Å². The van der Waals surface area contributed by atoms with Gasteiger partial charge >= 0.3 is 6.01 Å². The average molecular weight is 357 g/mol. The molecule has 3 rings (SSSR count). The first kappa shape index (κ1) is 18.4. The number of nitrogens with zero attached hydrogens (tertiary/aromatic N) is 4. The summed E-state index contributed by atoms with van der Waals surface area (Å²) in [5, 5.41) is 3.31. The van der Waals surface area contributed by atoms with E-state index in [2.05, 4.69) is 37.3 Å². The third kappa shape index (κ3) is 4.82. The number of benzene rings is 1. The number of nitrogens with one attached hydrogen (secondary N) is 1. The Morgan fingerprint density at radius 2 is 1.69 bits per heavy atom. The van der Waals surface area contributed by atoms with Crippen LogP contribution in [0.4, 0.5) is 11.9 Å². The smallest absolute Gasteiger partial charge is 0.322 e. The van der Waals surface area contributed by atoms with Gasteiger partial charge in [-0.1, -0.05) is 37.1 Å². The third-order valence-corrected chi connectivity index (χ3v) is 4.53. The molecule has 2 aromatic rings. The molecule has 0 unspecified atom stereocenters. The van der Waals surface area contributed by atoms with E-state index < -0.39 is 0 Å². The summed E-state index contributed by atoms with van der Waals surface area (Å²) >= 11 is 0. The molecule has 0 atom stereocenters. The lowest BCUT2D eigenvalue weighted by atomic mass is 10.1. The Hall–Kier alpha value is -2.41. The molecule has 1 fully saturated rings. The topological polar surface area (TPSA) is 72.4 Å². The van der Waals surface area contributed by atoms with Gasteiger partial charge in [0.25, 0.3) is 0 Å².